The fourth-order valence-electron chi connectivity index (χ4n) is 1.44. The van der Waals surface area contributed by atoms with Crippen LogP contribution in [-0.4, -0.2) is 20.6 Å². The number of nitrogens with one attached hydrogen (secondary N) is 1. The summed E-state index contributed by atoms with van der Waals surface area (Å²) in [6, 6.07) is 6.11. The molecule has 1 aromatic heterocycles. The van der Waals surface area contributed by atoms with E-state index in [0.29, 0.717) is 12.1 Å². The lowest BCUT2D eigenvalue weighted by molar-refractivity contribution is 0.0949. The second kappa shape index (κ2) is 4.69. The van der Waals surface area contributed by atoms with Crippen LogP contribution in [0, 0.1) is 0 Å². The van der Waals surface area contributed by atoms with Gasteiger partial charge in [-0.15, -0.1) is 0 Å². The molecular formula is C12H13N3O2. The largest absolute Gasteiger partial charge is 0.508 e. The molecule has 2 aromatic rings. The Morgan fingerprint density at radius 3 is 2.71 bits per heavy atom. The van der Waals surface area contributed by atoms with E-state index < -0.39 is 0 Å². The van der Waals surface area contributed by atoms with Gasteiger partial charge in [-0.25, -0.2) is 4.98 Å². The SMILES string of the molecule is Cn1ccnc1CNC(=O)c1ccc(O)cc1. The third-order valence-electron chi connectivity index (χ3n) is 2.46. The Kier molecular flexibility index (Phi) is 3.09. The molecule has 0 aliphatic carbocycles. The third-order valence-corrected chi connectivity index (χ3v) is 2.46. The maximum atomic E-state index is 11.7. The quantitative estimate of drug-likeness (QED) is 0.829. The summed E-state index contributed by atoms with van der Waals surface area (Å²) in [6.45, 7) is 0.378. The summed E-state index contributed by atoms with van der Waals surface area (Å²) in [5, 5.41) is 11.9. The minimum Gasteiger partial charge on any atom is -0.508 e. The molecular weight excluding hydrogens is 218 g/mol. The monoisotopic (exact) mass is 231 g/mol. The van der Waals surface area contributed by atoms with Crippen molar-refractivity contribution in [3.8, 4) is 5.75 Å². The standard InChI is InChI=1S/C12H13N3O2/c1-15-7-6-13-11(15)8-14-12(17)9-2-4-10(16)5-3-9/h2-7,16H,8H2,1H3,(H,14,17). The molecule has 0 fully saturated rings. The van der Waals surface area contributed by atoms with Crippen molar-refractivity contribution in [1.82, 2.24) is 14.9 Å². The highest BCUT2D eigenvalue weighted by Gasteiger charge is 2.06. The topological polar surface area (TPSA) is 67.2 Å². The van der Waals surface area contributed by atoms with Crippen molar-refractivity contribution in [2.45, 2.75) is 6.54 Å². The molecule has 1 heterocycles. The summed E-state index contributed by atoms with van der Waals surface area (Å²) in [4.78, 5) is 15.8. The molecule has 1 amide bonds. The highest BCUT2D eigenvalue weighted by molar-refractivity contribution is 5.94. The summed E-state index contributed by atoms with van der Waals surface area (Å²) in [7, 11) is 1.87. The molecule has 0 bridgehead atoms. The van der Waals surface area contributed by atoms with Gasteiger partial charge in [-0.3, -0.25) is 4.79 Å². The van der Waals surface area contributed by atoms with Crippen LogP contribution in [0.1, 0.15) is 16.2 Å². The average Bonchev–Trinajstić information content (AvgIpc) is 2.73. The van der Waals surface area contributed by atoms with Gasteiger partial charge in [0.25, 0.3) is 5.91 Å². The van der Waals surface area contributed by atoms with Crippen LogP contribution in [0.15, 0.2) is 36.7 Å². The van der Waals surface area contributed by atoms with Crippen molar-refractivity contribution < 1.29 is 9.90 Å². The van der Waals surface area contributed by atoms with Crippen LogP contribution in [0.4, 0.5) is 0 Å². The molecule has 0 unspecified atom stereocenters. The lowest BCUT2D eigenvalue weighted by Crippen LogP contribution is -2.24. The molecule has 2 N–H and O–H groups in total. The summed E-state index contributed by atoms with van der Waals surface area (Å²) in [6.07, 6.45) is 3.50. The fourth-order valence-corrected chi connectivity index (χ4v) is 1.44. The van der Waals surface area contributed by atoms with E-state index in [-0.39, 0.29) is 11.7 Å². The van der Waals surface area contributed by atoms with Crippen LogP contribution in [0.3, 0.4) is 0 Å². The van der Waals surface area contributed by atoms with E-state index in [2.05, 4.69) is 10.3 Å². The molecule has 0 saturated carbocycles. The van der Waals surface area contributed by atoms with Gasteiger partial charge in [-0.05, 0) is 24.3 Å². The number of hydrogen-bond acceptors (Lipinski definition) is 3. The molecule has 0 aliphatic heterocycles. The first-order valence-electron chi connectivity index (χ1n) is 5.20. The van der Waals surface area contributed by atoms with Gasteiger partial charge >= 0.3 is 0 Å². The van der Waals surface area contributed by atoms with E-state index in [1.165, 1.54) is 12.1 Å². The lowest BCUT2D eigenvalue weighted by atomic mass is 10.2. The number of hydrogen-bond donors (Lipinski definition) is 2. The van der Waals surface area contributed by atoms with Gasteiger partial charge in [0.1, 0.15) is 11.6 Å². The number of imidazole rings is 1. The number of aromatic hydroxyl groups is 1. The smallest absolute Gasteiger partial charge is 0.251 e. The maximum absolute atomic E-state index is 11.7. The van der Waals surface area contributed by atoms with Crippen molar-refractivity contribution in [3.63, 3.8) is 0 Å². The molecule has 0 spiro atoms. The third kappa shape index (κ3) is 2.63. The van der Waals surface area contributed by atoms with Gasteiger partial charge in [0.2, 0.25) is 0 Å². The number of carbonyl (C=O) groups excluding carboxylic acids is 1. The molecule has 0 radical (unpaired) electrons. The number of phenolic OH excluding ortho intramolecular Hbond substituents is 1. The molecule has 2 rings (SSSR count). The summed E-state index contributed by atoms with van der Waals surface area (Å²) in [5.41, 5.74) is 0.511. The van der Waals surface area contributed by atoms with Gasteiger partial charge in [0, 0.05) is 25.0 Å². The molecule has 0 aliphatic rings. The normalized spacial score (nSPS) is 10.2. The lowest BCUT2D eigenvalue weighted by Gasteiger charge is -2.05. The van der Waals surface area contributed by atoms with E-state index >= 15 is 0 Å². The van der Waals surface area contributed by atoms with Crippen molar-refractivity contribution in [2.24, 2.45) is 7.05 Å². The number of aryl methyl sites for hydroxylation is 1. The van der Waals surface area contributed by atoms with E-state index in [4.69, 9.17) is 5.11 Å². The number of nitrogens with zero attached hydrogens (tertiary/aromatic N) is 2. The highest BCUT2D eigenvalue weighted by Crippen LogP contribution is 2.09. The Morgan fingerprint density at radius 1 is 1.41 bits per heavy atom. The van der Waals surface area contributed by atoms with Crippen molar-refractivity contribution >= 4 is 5.91 Å². The number of rotatable bonds is 3. The Morgan fingerprint density at radius 2 is 2.12 bits per heavy atom. The Bertz CT molecular complexity index is 517. The summed E-state index contributed by atoms with van der Waals surface area (Å²) >= 11 is 0. The average molecular weight is 231 g/mol. The zero-order valence-corrected chi connectivity index (χ0v) is 9.42. The Balaban J connectivity index is 1.98. The van der Waals surface area contributed by atoms with Gasteiger partial charge in [-0.1, -0.05) is 0 Å². The second-order valence-electron chi connectivity index (χ2n) is 3.68. The highest BCUT2D eigenvalue weighted by atomic mass is 16.3. The number of benzene rings is 1. The van der Waals surface area contributed by atoms with E-state index in [0.717, 1.165) is 5.82 Å². The molecule has 5 heteroatoms. The van der Waals surface area contributed by atoms with Crippen molar-refractivity contribution in [1.29, 1.82) is 0 Å². The van der Waals surface area contributed by atoms with E-state index in [1.54, 1.807) is 18.3 Å². The summed E-state index contributed by atoms with van der Waals surface area (Å²) in [5.74, 6) is 0.746. The Hall–Kier alpha value is -2.30. The Labute approximate surface area is 98.7 Å². The zero-order valence-electron chi connectivity index (χ0n) is 9.42. The van der Waals surface area contributed by atoms with Crippen LogP contribution in [0.5, 0.6) is 5.75 Å². The van der Waals surface area contributed by atoms with Crippen molar-refractivity contribution in [3.05, 3.63) is 48.0 Å². The van der Waals surface area contributed by atoms with Crippen molar-refractivity contribution in [2.75, 3.05) is 0 Å². The number of amides is 1. The molecule has 0 saturated heterocycles. The molecule has 17 heavy (non-hydrogen) atoms. The first-order chi connectivity index (χ1) is 8.16. The first-order valence-corrected chi connectivity index (χ1v) is 5.20. The van der Waals surface area contributed by atoms with E-state index in [1.807, 2.05) is 17.8 Å². The van der Waals surface area contributed by atoms with E-state index in [9.17, 15) is 4.79 Å². The predicted octanol–water partition coefficient (Wildman–Crippen LogP) is 1.06. The number of aromatic nitrogens is 2. The number of carbonyl (C=O) groups is 1. The summed E-state index contributed by atoms with van der Waals surface area (Å²) < 4.78 is 1.84. The second-order valence-corrected chi connectivity index (χ2v) is 3.68. The molecule has 88 valence electrons. The van der Waals surface area contributed by atoms with Gasteiger partial charge in [0.05, 0.1) is 6.54 Å². The first kappa shape index (κ1) is 11.2. The van der Waals surface area contributed by atoms with Crippen LogP contribution in [0.25, 0.3) is 0 Å². The van der Waals surface area contributed by atoms with Crippen LogP contribution < -0.4 is 5.32 Å². The molecule has 0 atom stereocenters. The molecule has 1 aromatic carbocycles. The zero-order chi connectivity index (χ0) is 12.3. The minimum absolute atomic E-state index is 0.144. The van der Waals surface area contributed by atoms with Gasteiger partial charge in [0.15, 0.2) is 0 Å². The van der Waals surface area contributed by atoms with Gasteiger partial charge < -0.3 is 15.0 Å². The van der Waals surface area contributed by atoms with Crippen LogP contribution in [-0.2, 0) is 13.6 Å². The van der Waals surface area contributed by atoms with Gasteiger partial charge in [-0.2, -0.15) is 0 Å². The fraction of sp³-hybridized carbons (Fsp3) is 0.167. The number of phenols is 1. The van der Waals surface area contributed by atoms with Crippen LogP contribution >= 0.6 is 0 Å². The maximum Gasteiger partial charge on any atom is 0.251 e. The molecule has 5 nitrogen and oxygen atoms in total. The van der Waals surface area contributed by atoms with Crippen LogP contribution in [0.2, 0.25) is 0 Å². The predicted molar refractivity (Wildman–Crippen MR) is 62.5 cm³/mol. The minimum atomic E-state index is -0.187.